The normalized spacial score (nSPS) is 18.7. The van der Waals surface area contributed by atoms with Crippen LogP contribution < -0.4 is 21.5 Å². The van der Waals surface area contributed by atoms with E-state index in [1.807, 2.05) is 74.7 Å². The number of rotatable bonds is 9. The van der Waals surface area contributed by atoms with E-state index in [2.05, 4.69) is 34.6 Å². The van der Waals surface area contributed by atoms with Crippen molar-refractivity contribution in [1.82, 2.24) is 10.3 Å². The van der Waals surface area contributed by atoms with Crippen molar-refractivity contribution in [2.75, 3.05) is 0 Å². The Hall–Kier alpha value is -4.23. The highest BCUT2D eigenvalue weighted by Gasteiger charge is 2.30. The molecule has 0 amide bonds. The molecule has 0 spiro atoms. The van der Waals surface area contributed by atoms with Crippen molar-refractivity contribution in [3.8, 4) is 5.75 Å². The molecular formula is C29H32N6O. The topological polar surface area (TPSA) is 134 Å². The van der Waals surface area contributed by atoms with E-state index in [0.717, 1.165) is 28.1 Å². The van der Waals surface area contributed by atoms with Crippen molar-refractivity contribution < 1.29 is 4.74 Å². The van der Waals surface area contributed by atoms with E-state index in [4.69, 9.17) is 27.0 Å². The Bertz CT molecular complexity index is 1300. The minimum absolute atomic E-state index is 0.0321. The van der Waals surface area contributed by atoms with Crippen LogP contribution in [0, 0.1) is 24.7 Å². The maximum absolute atomic E-state index is 8.26. The zero-order valence-electron chi connectivity index (χ0n) is 20.6. The molecule has 0 saturated carbocycles. The number of nitrogens with zero attached hydrogens (tertiary/aromatic N) is 1. The molecule has 1 aromatic heterocycles. The van der Waals surface area contributed by atoms with Crippen LogP contribution in [-0.4, -0.2) is 22.2 Å². The number of amidine groups is 2. The van der Waals surface area contributed by atoms with Crippen LogP contribution >= 0.6 is 0 Å². The van der Waals surface area contributed by atoms with Gasteiger partial charge in [0.2, 0.25) is 0 Å². The van der Waals surface area contributed by atoms with Crippen LogP contribution in [0.2, 0.25) is 0 Å². The molecule has 36 heavy (non-hydrogen) atoms. The van der Waals surface area contributed by atoms with Gasteiger partial charge in [-0.15, -0.1) is 0 Å². The van der Waals surface area contributed by atoms with Gasteiger partial charge in [0.05, 0.1) is 5.69 Å². The molecule has 184 valence electrons. The average Bonchev–Trinajstić information content (AvgIpc) is 2.89. The highest BCUT2D eigenvalue weighted by Crippen LogP contribution is 2.29. The predicted molar refractivity (Wildman–Crippen MR) is 144 cm³/mol. The number of aryl methyl sites for hydroxylation is 1. The highest BCUT2D eigenvalue weighted by molar-refractivity contribution is 5.94. The molecule has 7 nitrogen and oxygen atoms in total. The van der Waals surface area contributed by atoms with E-state index in [9.17, 15) is 0 Å². The molecule has 2 aromatic carbocycles. The van der Waals surface area contributed by atoms with E-state index in [1.54, 1.807) is 0 Å². The lowest BCUT2D eigenvalue weighted by molar-refractivity contribution is 0.299. The third-order valence-electron chi connectivity index (χ3n) is 6.55. The number of nitrogen functional groups attached to an aromatic ring is 1. The highest BCUT2D eigenvalue weighted by atomic mass is 16.5. The summed E-state index contributed by atoms with van der Waals surface area (Å²) in [4.78, 5) is 4.54. The number of ether oxygens (including phenoxy) is 1. The van der Waals surface area contributed by atoms with Gasteiger partial charge in [0, 0.05) is 24.2 Å². The summed E-state index contributed by atoms with van der Waals surface area (Å²) in [5.74, 6) is 0.957. The zero-order chi connectivity index (χ0) is 25.7. The first-order valence-electron chi connectivity index (χ1n) is 11.8. The molecular weight excluding hydrogens is 448 g/mol. The lowest BCUT2D eigenvalue weighted by Crippen LogP contribution is -2.52. The number of allylic oxidation sites excluding steroid dienone is 2. The molecule has 4 rings (SSSR count). The second-order valence-electron chi connectivity index (χ2n) is 9.01. The standard InChI is InChI=1S/C29H32N6O/c1-19-25(16-34-20(2)26(19)36-18-21-8-10-24(11-9-21)27(30)31)17-35-29(28(32)33)14-12-23(13-15-29)22-6-4-3-5-7-22/h3-16,23,35H,17-18H2,1-2H3,(H3,30,31)(H3,32,33). The molecule has 7 heteroatoms. The Kier molecular flexibility index (Phi) is 7.31. The average molecular weight is 481 g/mol. The Morgan fingerprint density at radius 1 is 1.00 bits per heavy atom. The minimum Gasteiger partial charge on any atom is -0.487 e. The van der Waals surface area contributed by atoms with Crippen molar-refractivity contribution in [2.45, 2.75) is 38.5 Å². The van der Waals surface area contributed by atoms with Crippen LogP contribution in [0.1, 0.15) is 39.4 Å². The number of pyridine rings is 1. The molecule has 1 aliphatic rings. The SMILES string of the molecule is Cc1ncc(CNC2(C(=N)N)C=CC(c3ccccc3)C=C2)c(C)c1OCc1ccc(C(=N)N)cc1. The summed E-state index contributed by atoms with van der Waals surface area (Å²) in [6, 6.07) is 17.7. The number of benzene rings is 2. The van der Waals surface area contributed by atoms with Crippen molar-refractivity contribution >= 4 is 11.7 Å². The predicted octanol–water partition coefficient (Wildman–Crippen LogP) is 4.24. The van der Waals surface area contributed by atoms with E-state index in [1.165, 1.54) is 5.56 Å². The molecule has 7 N–H and O–H groups in total. The van der Waals surface area contributed by atoms with Crippen LogP contribution in [0.25, 0.3) is 0 Å². The molecule has 0 bridgehead atoms. The second-order valence-corrected chi connectivity index (χ2v) is 9.01. The van der Waals surface area contributed by atoms with Crippen molar-refractivity contribution in [3.63, 3.8) is 0 Å². The van der Waals surface area contributed by atoms with Crippen LogP contribution in [-0.2, 0) is 13.2 Å². The third-order valence-corrected chi connectivity index (χ3v) is 6.55. The quantitative estimate of drug-likeness (QED) is 0.177. The molecule has 1 heterocycles. The number of aromatic nitrogens is 1. The minimum atomic E-state index is -0.859. The fourth-order valence-corrected chi connectivity index (χ4v) is 4.24. The van der Waals surface area contributed by atoms with E-state index < -0.39 is 5.54 Å². The Morgan fingerprint density at radius 2 is 1.67 bits per heavy atom. The lowest BCUT2D eigenvalue weighted by Gasteiger charge is -2.31. The summed E-state index contributed by atoms with van der Waals surface area (Å²) >= 11 is 0. The smallest absolute Gasteiger partial charge is 0.144 e. The Morgan fingerprint density at radius 3 is 2.28 bits per heavy atom. The van der Waals surface area contributed by atoms with Gasteiger partial charge in [-0.05, 0) is 36.1 Å². The molecule has 1 aliphatic carbocycles. The van der Waals surface area contributed by atoms with Gasteiger partial charge in [0.25, 0.3) is 0 Å². The first-order valence-corrected chi connectivity index (χ1v) is 11.8. The van der Waals surface area contributed by atoms with Gasteiger partial charge in [-0.3, -0.25) is 21.1 Å². The van der Waals surface area contributed by atoms with Crippen molar-refractivity contribution in [1.29, 1.82) is 10.8 Å². The zero-order valence-corrected chi connectivity index (χ0v) is 20.6. The fourth-order valence-electron chi connectivity index (χ4n) is 4.24. The summed E-state index contributed by atoms with van der Waals surface area (Å²) in [5.41, 5.74) is 16.3. The van der Waals surface area contributed by atoms with E-state index in [-0.39, 0.29) is 17.6 Å². The monoisotopic (exact) mass is 480 g/mol. The third kappa shape index (κ3) is 5.37. The summed E-state index contributed by atoms with van der Waals surface area (Å²) in [6.45, 7) is 4.78. The van der Waals surface area contributed by atoms with Crippen molar-refractivity contribution in [2.24, 2.45) is 11.5 Å². The Labute approximate surface area is 211 Å². The Balaban J connectivity index is 1.47. The molecule has 0 atom stereocenters. The van der Waals surface area contributed by atoms with E-state index >= 15 is 0 Å². The van der Waals surface area contributed by atoms with Gasteiger partial charge in [-0.1, -0.05) is 78.9 Å². The van der Waals surface area contributed by atoms with Gasteiger partial charge in [0.1, 0.15) is 29.6 Å². The number of hydrogen-bond acceptors (Lipinski definition) is 5. The first kappa shape index (κ1) is 24.9. The van der Waals surface area contributed by atoms with Crippen LogP contribution in [0.5, 0.6) is 5.75 Å². The summed E-state index contributed by atoms with van der Waals surface area (Å²) in [7, 11) is 0. The maximum Gasteiger partial charge on any atom is 0.144 e. The van der Waals surface area contributed by atoms with Crippen LogP contribution in [0.4, 0.5) is 0 Å². The van der Waals surface area contributed by atoms with Gasteiger partial charge >= 0.3 is 0 Å². The number of nitrogens with one attached hydrogen (secondary N) is 3. The molecule has 3 aromatic rings. The summed E-state index contributed by atoms with van der Waals surface area (Å²) < 4.78 is 6.15. The molecule has 0 fully saturated rings. The van der Waals surface area contributed by atoms with Gasteiger partial charge in [-0.2, -0.15) is 0 Å². The fraction of sp³-hybridized carbons (Fsp3) is 0.207. The van der Waals surface area contributed by atoms with Gasteiger partial charge in [0.15, 0.2) is 0 Å². The van der Waals surface area contributed by atoms with Crippen molar-refractivity contribution in [3.05, 3.63) is 119 Å². The van der Waals surface area contributed by atoms with Crippen LogP contribution in [0.3, 0.4) is 0 Å². The van der Waals surface area contributed by atoms with Gasteiger partial charge < -0.3 is 16.2 Å². The number of hydrogen-bond donors (Lipinski definition) is 5. The molecule has 0 aliphatic heterocycles. The molecule has 0 unspecified atom stereocenters. The van der Waals surface area contributed by atoms with E-state index in [0.29, 0.717) is 18.7 Å². The maximum atomic E-state index is 8.26. The summed E-state index contributed by atoms with van der Waals surface area (Å²) in [6.07, 6.45) is 9.92. The second kappa shape index (κ2) is 10.6. The molecule has 0 radical (unpaired) electrons. The lowest BCUT2D eigenvalue weighted by atomic mass is 9.85. The number of nitrogens with two attached hydrogens (primary N) is 2. The van der Waals surface area contributed by atoms with Gasteiger partial charge in [-0.25, -0.2) is 0 Å². The largest absolute Gasteiger partial charge is 0.487 e. The van der Waals surface area contributed by atoms with Crippen LogP contribution in [0.15, 0.2) is 85.1 Å². The first-order chi connectivity index (χ1) is 17.3. The molecule has 0 saturated heterocycles. The summed E-state index contributed by atoms with van der Waals surface area (Å²) in [5, 5.41) is 19.2.